The molecule has 0 aliphatic carbocycles. The summed E-state index contributed by atoms with van der Waals surface area (Å²) in [6, 6.07) is 0. The van der Waals surface area contributed by atoms with Crippen molar-refractivity contribution < 1.29 is 32.5 Å². The Balaban J connectivity index is 4.26. The van der Waals surface area contributed by atoms with Crippen molar-refractivity contribution in [2.75, 3.05) is 47.5 Å². The minimum Gasteiger partial charge on any atom is -0.498 e. The second kappa shape index (κ2) is 37.9. The molecule has 0 bridgehead atoms. The third-order valence-corrected chi connectivity index (χ3v) is 10.0. The average Bonchev–Trinajstić information content (AvgIpc) is 3.10. The van der Waals surface area contributed by atoms with Gasteiger partial charge in [-0.1, -0.05) is 128 Å². The van der Waals surface area contributed by atoms with E-state index in [2.05, 4.69) is 38.2 Å². The van der Waals surface area contributed by atoms with Crippen LogP contribution in [0, 0.1) is 0 Å². The minimum atomic E-state index is -4.18. The Labute approximate surface area is 322 Å². The lowest BCUT2D eigenvalue weighted by Crippen LogP contribution is -2.37. The van der Waals surface area contributed by atoms with E-state index in [9.17, 15) is 9.46 Å². The van der Waals surface area contributed by atoms with E-state index in [-0.39, 0.29) is 19.8 Å². The SMILES string of the molecule is CCCCCC/C=C\CCCCCCCC/C=C\O[C@H](CO/C=C\CCCCCC/C=C\CCCCCCCC)COP(=O)(O)OCC[N+](C)(C)C. The van der Waals surface area contributed by atoms with E-state index >= 15 is 0 Å². The lowest BCUT2D eigenvalue weighted by atomic mass is 10.1. The summed E-state index contributed by atoms with van der Waals surface area (Å²) >= 11 is 0. The maximum absolute atomic E-state index is 12.4. The molecule has 0 aromatic rings. The summed E-state index contributed by atoms with van der Waals surface area (Å²) in [6.45, 7) is 5.38. The first-order valence-corrected chi connectivity index (χ1v) is 23.0. The van der Waals surface area contributed by atoms with Crippen LogP contribution in [0.25, 0.3) is 0 Å². The first-order chi connectivity index (χ1) is 25.2. The third kappa shape index (κ3) is 41.4. The number of hydrogen-bond donors (Lipinski definition) is 1. The van der Waals surface area contributed by atoms with Gasteiger partial charge in [0, 0.05) is 0 Å². The first-order valence-electron chi connectivity index (χ1n) is 21.5. The fourth-order valence-corrected chi connectivity index (χ4v) is 6.36. The zero-order valence-electron chi connectivity index (χ0n) is 34.8. The van der Waals surface area contributed by atoms with Crippen LogP contribution in [0.15, 0.2) is 49.0 Å². The molecule has 0 aromatic heterocycles. The number of quaternary nitrogens is 1. The Morgan fingerprint density at radius 3 is 1.35 bits per heavy atom. The number of phosphoric acid groups is 1. The van der Waals surface area contributed by atoms with Crippen LogP contribution < -0.4 is 0 Å². The van der Waals surface area contributed by atoms with Crippen LogP contribution in [-0.2, 0) is 23.1 Å². The van der Waals surface area contributed by atoms with Crippen LogP contribution in [0.4, 0.5) is 0 Å². The van der Waals surface area contributed by atoms with Gasteiger partial charge in [0.15, 0.2) is 6.10 Å². The van der Waals surface area contributed by atoms with Crippen LogP contribution in [0.5, 0.6) is 0 Å². The van der Waals surface area contributed by atoms with Crippen LogP contribution in [0.2, 0.25) is 0 Å². The van der Waals surface area contributed by atoms with Gasteiger partial charge in [0.1, 0.15) is 19.8 Å². The van der Waals surface area contributed by atoms with Gasteiger partial charge in [-0.3, -0.25) is 9.05 Å². The lowest BCUT2D eigenvalue weighted by molar-refractivity contribution is -0.870. The van der Waals surface area contributed by atoms with Crippen LogP contribution >= 0.6 is 7.82 Å². The Morgan fingerprint density at radius 2 is 0.904 bits per heavy atom. The van der Waals surface area contributed by atoms with Crippen molar-refractivity contribution in [2.45, 2.75) is 187 Å². The summed E-state index contributed by atoms with van der Waals surface area (Å²) in [5, 5.41) is 0. The number of hydrogen-bond acceptors (Lipinski definition) is 5. The van der Waals surface area contributed by atoms with Crippen LogP contribution in [-0.4, -0.2) is 63.0 Å². The fourth-order valence-electron chi connectivity index (χ4n) is 5.62. The minimum absolute atomic E-state index is 0.0994. The summed E-state index contributed by atoms with van der Waals surface area (Å²) in [7, 11) is 1.82. The number of likely N-dealkylation sites (N-methyl/N-ethyl adjacent to an activating group) is 1. The smallest absolute Gasteiger partial charge is 0.472 e. The van der Waals surface area contributed by atoms with E-state index < -0.39 is 13.9 Å². The van der Waals surface area contributed by atoms with E-state index in [1.165, 1.54) is 141 Å². The molecule has 1 unspecified atom stereocenters. The van der Waals surface area contributed by atoms with E-state index in [1.54, 1.807) is 12.5 Å². The molecule has 0 radical (unpaired) electrons. The van der Waals surface area contributed by atoms with Gasteiger partial charge in [0.25, 0.3) is 0 Å². The van der Waals surface area contributed by atoms with E-state index in [4.69, 9.17) is 18.5 Å². The van der Waals surface area contributed by atoms with Crippen molar-refractivity contribution in [1.82, 2.24) is 0 Å². The fraction of sp³-hybridized carbons (Fsp3) is 0.818. The molecule has 0 fully saturated rings. The summed E-state index contributed by atoms with van der Waals surface area (Å²) in [6.07, 6.45) is 49.1. The standard InChI is InChI=1S/C44H84NO6P/c1-6-8-10-12-14-16-18-20-22-24-26-28-30-32-34-36-39-48-42-44(43-51-52(46,47)50-41-38-45(3,4)5)49-40-37-35-33-31-29-27-25-23-21-19-17-15-13-11-9-7-2/h17,19-20,22,36-37,39-40,44H,6-16,18,21,23-35,38,41-43H2,1-5H3/p+1/b19-17-,22-20-,39-36-,40-37-/t44-/m1/s1. The highest BCUT2D eigenvalue weighted by molar-refractivity contribution is 7.47. The van der Waals surface area contributed by atoms with Crippen molar-refractivity contribution in [2.24, 2.45) is 0 Å². The molecule has 2 atom stereocenters. The summed E-state index contributed by atoms with van der Waals surface area (Å²) in [5.74, 6) is 0. The molecule has 0 aliphatic heterocycles. The van der Waals surface area contributed by atoms with Crippen LogP contribution in [0.3, 0.4) is 0 Å². The van der Waals surface area contributed by atoms with Crippen molar-refractivity contribution >= 4 is 7.82 Å². The van der Waals surface area contributed by atoms with Gasteiger partial charge in [-0.2, -0.15) is 0 Å². The van der Waals surface area contributed by atoms with Crippen molar-refractivity contribution in [3.05, 3.63) is 49.0 Å². The Bertz CT molecular complexity index is 913. The van der Waals surface area contributed by atoms with Crippen LogP contribution in [0.1, 0.15) is 181 Å². The predicted octanol–water partition coefficient (Wildman–Crippen LogP) is 13.6. The van der Waals surface area contributed by atoms with Gasteiger partial charge in [-0.05, 0) is 89.2 Å². The molecule has 7 nitrogen and oxygen atoms in total. The molecule has 1 N–H and O–H groups in total. The number of nitrogens with zero attached hydrogens (tertiary/aromatic N) is 1. The maximum Gasteiger partial charge on any atom is 0.472 e. The summed E-state index contributed by atoms with van der Waals surface area (Å²) in [4.78, 5) is 10.2. The summed E-state index contributed by atoms with van der Waals surface area (Å²) < 4.78 is 35.2. The summed E-state index contributed by atoms with van der Waals surface area (Å²) in [5.41, 5.74) is 0. The highest BCUT2D eigenvalue weighted by Crippen LogP contribution is 2.43. The Hall–Kier alpha value is -1.37. The highest BCUT2D eigenvalue weighted by atomic mass is 31.2. The molecule has 0 amide bonds. The largest absolute Gasteiger partial charge is 0.498 e. The predicted molar refractivity (Wildman–Crippen MR) is 223 cm³/mol. The number of allylic oxidation sites excluding steroid dienone is 6. The second-order valence-corrected chi connectivity index (χ2v) is 16.9. The quantitative estimate of drug-likeness (QED) is 0.0221. The highest BCUT2D eigenvalue weighted by Gasteiger charge is 2.25. The number of unbranched alkanes of at least 4 members (excludes halogenated alkanes) is 22. The van der Waals surface area contributed by atoms with E-state index in [0.717, 1.165) is 25.7 Å². The third-order valence-electron chi connectivity index (χ3n) is 9.05. The number of phosphoric ester groups is 1. The molecule has 0 heterocycles. The van der Waals surface area contributed by atoms with Gasteiger partial charge < -0.3 is 18.9 Å². The topological polar surface area (TPSA) is 74.2 Å². The normalized spacial score (nSPS) is 14.3. The first kappa shape index (κ1) is 50.6. The Kier molecular flexibility index (Phi) is 36.9. The Morgan fingerprint density at radius 1 is 0.519 bits per heavy atom. The second-order valence-electron chi connectivity index (χ2n) is 15.5. The van der Waals surface area contributed by atoms with Gasteiger partial charge in [-0.25, -0.2) is 4.57 Å². The monoisotopic (exact) mass is 755 g/mol. The van der Waals surface area contributed by atoms with Gasteiger partial charge in [-0.15, -0.1) is 0 Å². The molecule has 0 saturated carbocycles. The maximum atomic E-state index is 12.4. The zero-order valence-corrected chi connectivity index (χ0v) is 35.7. The van der Waals surface area contributed by atoms with Gasteiger partial charge in [0.2, 0.25) is 0 Å². The molecule has 306 valence electrons. The molecule has 52 heavy (non-hydrogen) atoms. The lowest BCUT2D eigenvalue weighted by Gasteiger charge is -2.24. The molecular formula is C44H85NO6P+. The molecule has 0 spiro atoms. The average molecular weight is 755 g/mol. The van der Waals surface area contributed by atoms with Crippen molar-refractivity contribution in [3.8, 4) is 0 Å². The number of rotatable bonds is 40. The van der Waals surface area contributed by atoms with Crippen molar-refractivity contribution in [1.29, 1.82) is 0 Å². The van der Waals surface area contributed by atoms with Gasteiger partial charge in [0.05, 0.1) is 40.3 Å². The molecule has 0 saturated heterocycles. The molecule has 0 rings (SSSR count). The molecule has 8 heteroatoms. The molecule has 0 aliphatic rings. The zero-order chi connectivity index (χ0) is 38.3. The van der Waals surface area contributed by atoms with Crippen molar-refractivity contribution in [3.63, 3.8) is 0 Å². The molecule has 0 aromatic carbocycles. The molecular weight excluding hydrogens is 669 g/mol. The van der Waals surface area contributed by atoms with E-state index in [0.29, 0.717) is 11.0 Å². The van der Waals surface area contributed by atoms with Gasteiger partial charge >= 0.3 is 7.82 Å². The number of ether oxygens (including phenoxy) is 2. The van der Waals surface area contributed by atoms with E-state index in [1.807, 2.05) is 33.3 Å².